The summed E-state index contributed by atoms with van der Waals surface area (Å²) in [7, 11) is 0. The van der Waals surface area contributed by atoms with Gasteiger partial charge in [-0.1, -0.05) is 18.6 Å². The Balaban J connectivity index is 1.64. The van der Waals surface area contributed by atoms with Gasteiger partial charge in [-0.2, -0.15) is 0 Å². The predicted octanol–water partition coefficient (Wildman–Crippen LogP) is 2.42. The number of hydrogen-bond donors (Lipinski definition) is 2. The third kappa shape index (κ3) is 2.31. The molecule has 0 aromatic carbocycles. The van der Waals surface area contributed by atoms with Gasteiger partial charge >= 0.3 is 0 Å². The van der Waals surface area contributed by atoms with E-state index in [2.05, 4.69) is 0 Å². The maximum Gasteiger partial charge on any atom is 0.193 e. The Morgan fingerprint density at radius 1 is 1.26 bits per heavy atom. The first kappa shape index (κ1) is 21.4. The van der Waals surface area contributed by atoms with E-state index in [1.807, 2.05) is 6.92 Å². The van der Waals surface area contributed by atoms with Gasteiger partial charge in [0.15, 0.2) is 28.6 Å². The molecule has 6 nitrogen and oxygen atoms in total. The van der Waals surface area contributed by atoms with Crippen LogP contribution in [-0.4, -0.2) is 57.7 Å². The van der Waals surface area contributed by atoms with E-state index >= 15 is 4.39 Å². The molecule has 0 aromatic heterocycles. The van der Waals surface area contributed by atoms with Crippen LogP contribution in [0.2, 0.25) is 0 Å². The summed E-state index contributed by atoms with van der Waals surface area (Å²) in [6.07, 6.45) is 4.00. The van der Waals surface area contributed by atoms with Crippen molar-refractivity contribution in [2.75, 3.05) is 6.61 Å². The maximum atomic E-state index is 17.1. The van der Waals surface area contributed by atoms with E-state index in [0.29, 0.717) is 19.3 Å². The van der Waals surface area contributed by atoms with E-state index in [-0.39, 0.29) is 18.1 Å². The highest BCUT2D eigenvalue weighted by Gasteiger charge is 2.79. The van der Waals surface area contributed by atoms with Gasteiger partial charge in [-0.15, -0.1) is 0 Å². The average Bonchev–Trinajstić information content (AvgIpc) is 3.09. The summed E-state index contributed by atoms with van der Waals surface area (Å²) in [5.41, 5.74) is -4.66. The Bertz CT molecular complexity index is 925. The molecule has 2 N–H and O–H groups in total. The molecule has 4 aliphatic carbocycles. The molecule has 1 aliphatic heterocycles. The molecule has 0 radical (unpaired) electrons. The summed E-state index contributed by atoms with van der Waals surface area (Å²) in [4.78, 5) is 25.1. The summed E-state index contributed by atoms with van der Waals surface area (Å²) < 4.78 is 29.5. The van der Waals surface area contributed by atoms with Crippen molar-refractivity contribution in [2.24, 2.45) is 22.7 Å². The molecule has 8 atom stereocenters. The minimum absolute atomic E-state index is 0.0109. The molecular weight excluding hydrogens is 403 g/mol. The van der Waals surface area contributed by atoms with Crippen LogP contribution in [0.1, 0.15) is 53.4 Å². The van der Waals surface area contributed by atoms with E-state index in [9.17, 15) is 19.8 Å². The summed E-state index contributed by atoms with van der Waals surface area (Å²) in [5, 5.41) is 21.2. The minimum Gasteiger partial charge on any atom is -0.390 e. The molecule has 0 amide bonds. The van der Waals surface area contributed by atoms with Crippen molar-refractivity contribution in [3.63, 3.8) is 0 Å². The third-order valence-electron chi connectivity index (χ3n) is 9.19. The van der Waals surface area contributed by atoms with Crippen molar-refractivity contribution >= 4 is 11.6 Å². The number of hydrogen-bond acceptors (Lipinski definition) is 6. The molecule has 31 heavy (non-hydrogen) atoms. The first-order valence-corrected chi connectivity index (χ1v) is 11.2. The molecule has 0 spiro atoms. The zero-order chi connectivity index (χ0) is 22.6. The Morgan fingerprint density at radius 3 is 2.65 bits per heavy atom. The lowest BCUT2D eigenvalue weighted by Crippen LogP contribution is -2.70. The molecule has 5 aliphatic rings. The van der Waals surface area contributed by atoms with Crippen molar-refractivity contribution in [3.05, 3.63) is 23.8 Å². The lowest BCUT2D eigenvalue weighted by molar-refractivity contribution is -0.246. The number of fused-ring (bicyclic) bond motifs is 7. The largest absolute Gasteiger partial charge is 0.390 e. The highest BCUT2D eigenvalue weighted by molar-refractivity contribution is 6.01. The van der Waals surface area contributed by atoms with E-state index in [4.69, 9.17) is 9.47 Å². The van der Waals surface area contributed by atoms with Gasteiger partial charge in [0.1, 0.15) is 6.61 Å². The first-order chi connectivity index (χ1) is 14.4. The van der Waals surface area contributed by atoms with Crippen molar-refractivity contribution in [3.8, 4) is 0 Å². The Hall–Kier alpha value is -1.41. The highest BCUT2D eigenvalue weighted by Crippen LogP contribution is 2.72. The van der Waals surface area contributed by atoms with Crippen molar-refractivity contribution in [1.29, 1.82) is 0 Å². The van der Waals surface area contributed by atoms with Crippen LogP contribution in [0.25, 0.3) is 0 Å². The van der Waals surface area contributed by atoms with Crippen LogP contribution in [0.15, 0.2) is 23.8 Å². The first-order valence-electron chi connectivity index (χ1n) is 11.2. The number of halogens is 1. The summed E-state index contributed by atoms with van der Waals surface area (Å²) in [5.74, 6) is -2.46. The molecule has 170 valence electrons. The molecule has 4 fully saturated rings. The molecular formula is C24H31FO6. The van der Waals surface area contributed by atoms with Gasteiger partial charge in [-0.3, -0.25) is 9.59 Å². The number of ketones is 2. The normalized spacial score (nSPS) is 52.1. The Kier molecular flexibility index (Phi) is 4.24. The van der Waals surface area contributed by atoms with Gasteiger partial charge in [0.25, 0.3) is 0 Å². The third-order valence-corrected chi connectivity index (χ3v) is 9.19. The maximum absolute atomic E-state index is 17.1. The van der Waals surface area contributed by atoms with Gasteiger partial charge in [-0.25, -0.2) is 4.39 Å². The van der Waals surface area contributed by atoms with Crippen LogP contribution in [-0.2, 0) is 19.1 Å². The second-order valence-corrected chi connectivity index (χ2v) is 10.9. The van der Waals surface area contributed by atoms with Crippen molar-refractivity contribution in [1.82, 2.24) is 0 Å². The summed E-state index contributed by atoms with van der Waals surface area (Å²) in [6, 6.07) is 0. The summed E-state index contributed by atoms with van der Waals surface area (Å²) in [6.45, 7) is 6.41. The van der Waals surface area contributed by atoms with E-state index < -0.39 is 58.4 Å². The summed E-state index contributed by atoms with van der Waals surface area (Å²) >= 11 is 0. The Labute approximate surface area is 181 Å². The van der Waals surface area contributed by atoms with Gasteiger partial charge in [0, 0.05) is 16.7 Å². The van der Waals surface area contributed by atoms with Crippen molar-refractivity contribution < 1.29 is 33.7 Å². The fourth-order valence-electron chi connectivity index (χ4n) is 7.93. The quantitative estimate of drug-likeness (QED) is 0.694. The smallest absolute Gasteiger partial charge is 0.193 e. The second-order valence-electron chi connectivity index (χ2n) is 10.9. The molecule has 1 saturated heterocycles. The molecule has 5 rings (SSSR count). The van der Waals surface area contributed by atoms with Crippen LogP contribution in [0.4, 0.5) is 4.39 Å². The zero-order valence-corrected chi connectivity index (χ0v) is 18.5. The standard InChI is InChI=1S/C24H31FO6/c1-20(2)30-19-10-16-15-6-5-13-9-14(27)7-8-21(13,3)23(15,25)17(28)11-22(16,4)24(19,31-20)18(29)12-26/h7-9,15-17,19,26,28H,5-6,10-12H2,1-4H3/t15-,16+,17+,19+,21-,22+,23-,24+/m0/s1. The second kappa shape index (κ2) is 6.13. The van der Waals surface area contributed by atoms with E-state index in [0.717, 1.165) is 5.57 Å². The topological polar surface area (TPSA) is 93.1 Å². The van der Waals surface area contributed by atoms with Gasteiger partial charge < -0.3 is 19.7 Å². The van der Waals surface area contributed by atoms with E-state index in [1.54, 1.807) is 26.8 Å². The highest BCUT2D eigenvalue weighted by atomic mass is 19.1. The number of carbonyl (C=O) groups is 2. The zero-order valence-electron chi connectivity index (χ0n) is 18.5. The fourth-order valence-corrected chi connectivity index (χ4v) is 7.93. The van der Waals surface area contributed by atoms with Crippen LogP contribution in [0.5, 0.6) is 0 Å². The number of rotatable bonds is 2. The lowest BCUT2D eigenvalue weighted by atomic mass is 9.44. The monoisotopic (exact) mass is 434 g/mol. The van der Waals surface area contributed by atoms with Crippen LogP contribution in [0.3, 0.4) is 0 Å². The van der Waals surface area contributed by atoms with E-state index in [1.165, 1.54) is 12.2 Å². The van der Waals surface area contributed by atoms with Gasteiger partial charge in [0.2, 0.25) is 0 Å². The van der Waals surface area contributed by atoms with Gasteiger partial charge in [-0.05, 0) is 64.5 Å². The van der Waals surface area contributed by atoms with Crippen molar-refractivity contribution in [2.45, 2.75) is 82.6 Å². The fraction of sp³-hybridized carbons (Fsp3) is 0.750. The van der Waals surface area contributed by atoms with Crippen LogP contribution in [0, 0.1) is 22.7 Å². The number of Topliss-reactive ketones (excluding diaryl/α,β-unsaturated/α-hetero) is 1. The number of aliphatic hydroxyl groups is 2. The van der Waals surface area contributed by atoms with Gasteiger partial charge in [0.05, 0.1) is 12.2 Å². The van der Waals surface area contributed by atoms with Crippen LogP contribution < -0.4 is 0 Å². The molecule has 0 aromatic rings. The lowest BCUT2D eigenvalue weighted by Gasteiger charge is -2.62. The molecule has 3 saturated carbocycles. The minimum atomic E-state index is -1.98. The number of allylic oxidation sites excluding steroid dienone is 4. The number of aliphatic hydroxyl groups excluding tert-OH is 2. The molecule has 0 bridgehead atoms. The number of alkyl halides is 1. The predicted molar refractivity (Wildman–Crippen MR) is 109 cm³/mol. The molecule has 1 heterocycles. The Morgan fingerprint density at radius 2 is 1.97 bits per heavy atom. The SMILES string of the molecule is CC1(C)O[C@@H]2C[C@@H]3[C@@H]4CCC5=CC(=O)C=C[C@]5(C)[C@@]4(F)[C@H](O)C[C@@]3(C)[C@]2(C(=O)CO)O1. The average molecular weight is 435 g/mol. The molecule has 0 unspecified atom stereocenters. The number of carbonyl (C=O) groups excluding carboxylic acids is 2. The molecule has 7 heteroatoms. The number of ether oxygens (including phenoxy) is 2. The van der Waals surface area contributed by atoms with Crippen LogP contribution >= 0.6 is 0 Å².